The Morgan fingerprint density at radius 1 is 1.29 bits per heavy atom. The van der Waals surface area contributed by atoms with Crippen LogP contribution in [0.2, 0.25) is 0 Å². The van der Waals surface area contributed by atoms with E-state index in [-0.39, 0.29) is 5.91 Å². The van der Waals surface area contributed by atoms with Gasteiger partial charge in [0.2, 0.25) is 0 Å². The molecule has 5 nitrogen and oxygen atoms in total. The summed E-state index contributed by atoms with van der Waals surface area (Å²) in [6, 6.07) is 3.76. The average Bonchev–Trinajstić information content (AvgIpc) is 3.10. The summed E-state index contributed by atoms with van der Waals surface area (Å²) in [6.07, 6.45) is 5.99. The number of hydrogen-bond acceptors (Lipinski definition) is 4. The molecule has 0 bridgehead atoms. The number of hydrogen-bond donors (Lipinski definition) is 1. The van der Waals surface area contributed by atoms with Gasteiger partial charge in [0, 0.05) is 11.6 Å². The Hall–Kier alpha value is -2.17. The second-order valence-corrected chi connectivity index (χ2v) is 5.63. The molecule has 0 atom stereocenters. The molecule has 0 saturated heterocycles. The zero-order valence-corrected chi connectivity index (χ0v) is 12.3. The Morgan fingerprint density at radius 2 is 2.05 bits per heavy atom. The minimum atomic E-state index is -0.174. The fourth-order valence-corrected chi connectivity index (χ4v) is 2.92. The van der Waals surface area contributed by atoms with Crippen molar-refractivity contribution in [3.63, 3.8) is 0 Å². The highest BCUT2D eigenvalue weighted by atomic mass is 16.5. The van der Waals surface area contributed by atoms with Crippen molar-refractivity contribution in [2.24, 2.45) is 0 Å². The maximum absolute atomic E-state index is 12.5. The lowest BCUT2D eigenvalue weighted by molar-refractivity contribution is 0.102. The van der Waals surface area contributed by atoms with E-state index >= 15 is 0 Å². The Morgan fingerprint density at radius 3 is 2.76 bits per heavy atom. The largest absolute Gasteiger partial charge is 0.364 e. The zero-order chi connectivity index (χ0) is 14.8. The number of amides is 1. The van der Waals surface area contributed by atoms with Crippen LogP contribution in [0.15, 0.2) is 22.9 Å². The lowest BCUT2D eigenvalue weighted by Crippen LogP contribution is -2.15. The highest BCUT2D eigenvalue weighted by Crippen LogP contribution is 2.35. The zero-order valence-electron chi connectivity index (χ0n) is 12.3. The Balaban J connectivity index is 1.81. The van der Waals surface area contributed by atoms with E-state index in [1.165, 1.54) is 19.1 Å². The van der Waals surface area contributed by atoms with Crippen LogP contribution in [0.4, 0.5) is 5.69 Å². The standard InChI is InChI=1S/C16H19N3O2/c1-10-7-8-14(11(2)17-10)18-16(20)13-9-21-19-15(13)12-5-3-4-6-12/h7-9,12H,3-6H2,1-2H3,(H,18,20). The quantitative estimate of drug-likeness (QED) is 0.935. The fraction of sp³-hybridized carbons (Fsp3) is 0.438. The average molecular weight is 285 g/mol. The number of carbonyl (C=O) groups excluding carboxylic acids is 1. The number of carbonyl (C=O) groups is 1. The van der Waals surface area contributed by atoms with Crippen molar-refractivity contribution in [2.75, 3.05) is 5.32 Å². The van der Waals surface area contributed by atoms with Crippen LogP contribution in [0.25, 0.3) is 0 Å². The van der Waals surface area contributed by atoms with E-state index in [9.17, 15) is 4.79 Å². The summed E-state index contributed by atoms with van der Waals surface area (Å²) in [5, 5.41) is 6.95. The van der Waals surface area contributed by atoms with Crippen LogP contribution >= 0.6 is 0 Å². The predicted molar refractivity (Wildman–Crippen MR) is 79.4 cm³/mol. The maximum atomic E-state index is 12.5. The molecule has 1 saturated carbocycles. The van der Waals surface area contributed by atoms with E-state index in [0.717, 1.165) is 35.6 Å². The molecule has 21 heavy (non-hydrogen) atoms. The number of anilines is 1. The molecule has 1 aliphatic carbocycles. The van der Waals surface area contributed by atoms with Crippen LogP contribution in [0, 0.1) is 13.8 Å². The first-order valence-corrected chi connectivity index (χ1v) is 7.35. The molecule has 2 aromatic heterocycles. The molecule has 110 valence electrons. The summed E-state index contributed by atoms with van der Waals surface area (Å²) in [5.74, 6) is 0.175. The minimum absolute atomic E-state index is 0.174. The summed E-state index contributed by atoms with van der Waals surface area (Å²) < 4.78 is 5.04. The van der Waals surface area contributed by atoms with Crippen molar-refractivity contribution >= 4 is 11.6 Å². The molecule has 2 aromatic rings. The molecule has 0 aromatic carbocycles. The molecule has 0 aliphatic heterocycles. The maximum Gasteiger partial charge on any atom is 0.260 e. The number of pyridine rings is 1. The summed E-state index contributed by atoms with van der Waals surface area (Å²) in [7, 11) is 0. The van der Waals surface area contributed by atoms with Gasteiger partial charge in [-0.3, -0.25) is 9.78 Å². The number of nitrogens with zero attached hydrogens (tertiary/aromatic N) is 2. The van der Waals surface area contributed by atoms with Gasteiger partial charge in [0.25, 0.3) is 5.91 Å². The van der Waals surface area contributed by atoms with Crippen molar-refractivity contribution in [3.8, 4) is 0 Å². The number of aryl methyl sites for hydroxylation is 2. The van der Waals surface area contributed by atoms with Gasteiger partial charge in [0.05, 0.1) is 17.1 Å². The smallest absolute Gasteiger partial charge is 0.260 e. The molecular formula is C16H19N3O2. The van der Waals surface area contributed by atoms with E-state index in [2.05, 4.69) is 15.5 Å². The second kappa shape index (κ2) is 5.68. The third kappa shape index (κ3) is 2.82. The van der Waals surface area contributed by atoms with Gasteiger partial charge >= 0.3 is 0 Å². The van der Waals surface area contributed by atoms with E-state index in [4.69, 9.17) is 4.52 Å². The molecule has 0 radical (unpaired) electrons. The third-order valence-electron chi connectivity index (χ3n) is 4.06. The van der Waals surface area contributed by atoms with E-state index in [1.807, 2.05) is 26.0 Å². The first kappa shape index (κ1) is 13.8. The SMILES string of the molecule is Cc1ccc(NC(=O)c2conc2C2CCCC2)c(C)n1. The molecule has 5 heteroatoms. The number of nitrogens with one attached hydrogen (secondary N) is 1. The van der Waals surface area contributed by atoms with Crippen LogP contribution in [0.5, 0.6) is 0 Å². The molecule has 2 heterocycles. The van der Waals surface area contributed by atoms with E-state index in [0.29, 0.717) is 11.5 Å². The molecular weight excluding hydrogens is 266 g/mol. The first-order chi connectivity index (χ1) is 10.1. The summed E-state index contributed by atoms with van der Waals surface area (Å²) in [4.78, 5) is 16.8. The normalized spacial score (nSPS) is 15.3. The van der Waals surface area contributed by atoms with Crippen LogP contribution in [-0.2, 0) is 0 Å². The number of rotatable bonds is 3. The topological polar surface area (TPSA) is 68.0 Å². The van der Waals surface area contributed by atoms with Gasteiger partial charge in [-0.2, -0.15) is 0 Å². The summed E-state index contributed by atoms with van der Waals surface area (Å²) in [6.45, 7) is 3.81. The molecule has 1 N–H and O–H groups in total. The van der Waals surface area contributed by atoms with Gasteiger partial charge in [-0.15, -0.1) is 0 Å². The molecule has 1 fully saturated rings. The predicted octanol–water partition coefficient (Wildman–Crippen LogP) is 3.60. The van der Waals surface area contributed by atoms with Gasteiger partial charge in [0.15, 0.2) is 0 Å². The van der Waals surface area contributed by atoms with E-state index in [1.54, 1.807) is 0 Å². The minimum Gasteiger partial charge on any atom is -0.364 e. The van der Waals surface area contributed by atoms with Crippen LogP contribution in [0.1, 0.15) is 59.0 Å². The molecule has 3 rings (SSSR count). The van der Waals surface area contributed by atoms with Crippen LogP contribution < -0.4 is 5.32 Å². The van der Waals surface area contributed by atoms with Gasteiger partial charge in [-0.25, -0.2) is 0 Å². The van der Waals surface area contributed by atoms with Crippen molar-refractivity contribution in [1.82, 2.24) is 10.1 Å². The lowest BCUT2D eigenvalue weighted by Gasteiger charge is -2.10. The Labute approximate surface area is 123 Å². The highest BCUT2D eigenvalue weighted by Gasteiger charge is 2.26. The summed E-state index contributed by atoms with van der Waals surface area (Å²) >= 11 is 0. The first-order valence-electron chi connectivity index (χ1n) is 7.35. The Kier molecular flexibility index (Phi) is 3.73. The Bertz CT molecular complexity index is 657. The van der Waals surface area contributed by atoms with E-state index < -0.39 is 0 Å². The van der Waals surface area contributed by atoms with Crippen molar-refractivity contribution in [3.05, 3.63) is 41.0 Å². The molecule has 0 unspecified atom stereocenters. The second-order valence-electron chi connectivity index (χ2n) is 5.63. The number of aromatic nitrogens is 2. The molecule has 1 aliphatic rings. The molecule has 1 amide bonds. The molecule has 0 spiro atoms. The fourth-order valence-electron chi connectivity index (χ4n) is 2.92. The van der Waals surface area contributed by atoms with Gasteiger partial charge in [-0.1, -0.05) is 18.0 Å². The van der Waals surface area contributed by atoms with Gasteiger partial charge in [-0.05, 0) is 38.8 Å². The van der Waals surface area contributed by atoms with Crippen molar-refractivity contribution in [1.29, 1.82) is 0 Å². The monoisotopic (exact) mass is 285 g/mol. The third-order valence-corrected chi connectivity index (χ3v) is 4.06. The lowest BCUT2D eigenvalue weighted by atomic mass is 10.00. The van der Waals surface area contributed by atoms with Crippen molar-refractivity contribution < 1.29 is 9.32 Å². The van der Waals surface area contributed by atoms with Crippen LogP contribution in [0.3, 0.4) is 0 Å². The highest BCUT2D eigenvalue weighted by molar-refractivity contribution is 6.05. The van der Waals surface area contributed by atoms with Crippen LogP contribution in [-0.4, -0.2) is 16.0 Å². The summed E-state index contributed by atoms with van der Waals surface area (Å²) in [5.41, 5.74) is 3.80. The van der Waals surface area contributed by atoms with Gasteiger partial charge < -0.3 is 9.84 Å². The van der Waals surface area contributed by atoms with Gasteiger partial charge in [0.1, 0.15) is 11.8 Å². The van der Waals surface area contributed by atoms with Crippen molar-refractivity contribution in [2.45, 2.75) is 45.4 Å².